The van der Waals surface area contributed by atoms with Crippen LogP contribution in [0.3, 0.4) is 0 Å². The number of likely N-dealkylation sites (tertiary alicyclic amines) is 1. The summed E-state index contributed by atoms with van der Waals surface area (Å²) in [5.74, 6) is 2.29. The summed E-state index contributed by atoms with van der Waals surface area (Å²) in [5.41, 5.74) is 9.91. The standard InChI is InChI=1S/C15H22N2O4.C7H6/c1-4-10-8-11-12(17(10)15(19)20-3)6-5-7-13(11)21-14(18)9(2)16;1-5-4-6-2-3-7(5)6/h1,9-13H,5-8,16H2,2-3H3;2-4H,1H3/t9?,10?,11-,12-,13+;/m1./s1. The van der Waals surface area contributed by atoms with Crippen molar-refractivity contribution in [3.63, 3.8) is 0 Å². The van der Waals surface area contributed by atoms with Crippen LogP contribution in [-0.4, -0.2) is 48.3 Å². The minimum absolute atomic E-state index is 0.0295. The molecule has 0 aromatic carbocycles. The Balaban J connectivity index is 0.000000264. The molecular weight excluding hydrogens is 356 g/mol. The van der Waals surface area contributed by atoms with Gasteiger partial charge in [0.25, 0.3) is 0 Å². The summed E-state index contributed by atoms with van der Waals surface area (Å²) in [7, 11) is 1.35. The van der Waals surface area contributed by atoms with Gasteiger partial charge in [0.05, 0.1) is 13.2 Å². The number of esters is 1. The number of rotatable bonds is 2. The van der Waals surface area contributed by atoms with Crippen LogP contribution in [0.15, 0.2) is 18.2 Å². The molecule has 2 N–H and O–H groups in total. The van der Waals surface area contributed by atoms with Gasteiger partial charge >= 0.3 is 12.1 Å². The van der Waals surface area contributed by atoms with Gasteiger partial charge in [-0.3, -0.25) is 9.69 Å². The highest BCUT2D eigenvalue weighted by atomic mass is 16.5. The lowest BCUT2D eigenvalue weighted by atomic mass is 9.82. The zero-order valence-corrected chi connectivity index (χ0v) is 16.7. The smallest absolute Gasteiger partial charge is 0.410 e. The molecule has 5 atom stereocenters. The molecule has 28 heavy (non-hydrogen) atoms. The summed E-state index contributed by atoms with van der Waals surface area (Å²) in [6.07, 6.45) is 8.04. The van der Waals surface area contributed by atoms with E-state index >= 15 is 0 Å². The average Bonchev–Trinajstić information content (AvgIpc) is 3.05. The Morgan fingerprint density at radius 1 is 1.36 bits per heavy atom. The summed E-state index contributed by atoms with van der Waals surface area (Å²) in [6.45, 7) is 3.74. The van der Waals surface area contributed by atoms with Gasteiger partial charge in [0, 0.05) is 12.0 Å². The summed E-state index contributed by atoms with van der Waals surface area (Å²) in [6, 6.07) is 5.52. The third-order valence-corrected chi connectivity index (χ3v) is 5.90. The minimum Gasteiger partial charge on any atom is -0.461 e. The van der Waals surface area contributed by atoms with E-state index in [0.29, 0.717) is 6.42 Å². The highest BCUT2D eigenvalue weighted by molar-refractivity contribution is 5.80. The molecule has 2 fully saturated rings. The Kier molecular flexibility index (Phi) is 5.95. The fourth-order valence-electron chi connectivity index (χ4n) is 4.36. The van der Waals surface area contributed by atoms with E-state index in [9.17, 15) is 9.59 Å². The van der Waals surface area contributed by atoms with Crippen LogP contribution in [0.4, 0.5) is 4.79 Å². The van der Waals surface area contributed by atoms with Gasteiger partial charge in [-0.2, -0.15) is 0 Å². The summed E-state index contributed by atoms with van der Waals surface area (Å²) < 4.78 is 10.3. The first-order valence-electron chi connectivity index (χ1n) is 9.76. The molecule has 0 aromatic heterocycles. The molecule has 1 amide bonds. The molecule has 1 heterocycles. The van der Waals surface area contributed by atoms with E-state index in [4.69, 9.17) is 21.6 Å². The van der Waals surface area contributed by atoms with E-state index in [1.807, 2.05) is 0 Å². The number of amides is 1. The van der Waals surface area contributed by atoms with Crippen LogP contribution in [-0.2, 0) is 14.3 Å². The maximum atomic E-state index is 12.0. The molecule has 150 valence electrons. The van der Waals surface area contributed by atoms with Crippen molar-refractivity contribution in [1.82, 2.24) is 4.90 Å². The van der Waals surface area contributed by atoms with E-state index < -0.39 is 18.1 Å². The van der Waals surface area contributed by atoms with Crippen LogP contribution in [0.2, 0.25) is 0 Å². The van der Waals surface area contributed by atoms with Crippen molar-refractivity contribution in [3.8, 4) is 23.5 Å². The van der Waals surface area contributed by atoms with Crippen LogP contribution in [0.25, 0.3) is 11.1 Å². The number of aryl methyl sites for hydroxylation is 1. The van der Waals surface area contributed by atoms with Gasteiger partial charge < -0.3 is 15.2 Å². The average molecular weight is 384 g/mol. The summed E-state index contributed by atoms with van der Waals surface area (Å²) >= 11 is 0. The number of terminal acetylenes is 1. The van der Waals surface area contributed by atoms with E-state index in [2.05, 4.69) is 31.0 Å². The van der Waals surface area contributed by atoms with Gasteiger partial charge in [0.2, 0.25) is 0 Å². The van der Waals surface area contributed by atoms with E-state index in [-0.39, 0.29) is 24.1 Å². The number of nitrogens with two attached hydrogens (primary N) is 1. The first kappa shape index (κ1) is 20.2. The molecule has 0 bridgehead atoms. The Bertz CT molecular complexity index is 798. The fourth-order valence-corrected chi connectivity index (χ4v) is 4.36. The van der Waals surface area contributed by atoms with Crippen molar-refractivity contribution in [2.45, 2.75) is 63.8 Å². The topological polar surface area (TPSA) is 81.9 Å². The molecule has 1 saturated carbocycles. The van der Waals surface area contributed by atoms with E-state index in [0.717, 1.165) is 19.3 Å². The Labute approximate surface area is 166 Å². The number of hydrogen-bond acceptors (Lipinski definition) is 5. The zero-order chi connectivity index (χ0) is 20.4. The first-order valence-corrected chi connectivity index (χ1v) is 9.76. The van der Waals surface area contributed by atoms with Gasteiger partial charge in [0.15, 0.2) is 0 Å². The van der Waals surface area contributed by atoms with Crippen molar-refractivity contribution < 1.29 is 19.1 Å². The number of ether oxygens (including phenoxy) is 2. The fraction of sp³-hybridized carbons (Fsp3) is 0.545. The number of hydrogen-bond donors (Lipinski definition) is 1. The van der Waals surface area contributed by atoms with Gasteiger partial charge in [-0.25, -0.2) is 4.79 Å². The maximum absolute atomic E-state index is 12.0. The Hall–Kier alpha value is -2.52. The van der Waals surface area contributed by atoms with Gasteiger partial charge in [-0.1, -0.05) is 24.1 Å². The van der Waals surface area contributed by atoms with Crippen LogP contribution < -0.4 is 5.73 Å². The third-order valence-electron chi connectivity index (χ3n) is 5.90. The largest absolute Gasteiger partial charge is 0.461 e. The predicted molar refractivity (Wildman–Crippen MR) is 106 cm³/mol. The lowest BCUT2D eigenvalue weighted by Gasteiger charge is -2.36. The molecule has 3 aliphatic carbocycles. The molecule has 0 radical (unpaired) electrons. The second-order valence-electron chi connectivity index (χ2n) is 7.75. The SMILES string of the molecule is C#CC1C[C@H]2[C@@H](OC(=O)C(C)N)CCC[C@H]2N1C(=O)OC.Cc1cc2ccc1-2. The number of carbonyl (C=O) groups is 2. The second kappa shape index (κ2) is 8.24. The van der Waals surface area contributed by atoms with Crippen molar-refractivity contribution >= 4 is 12.1 Å². The molecule has 6 nitrogen and oxygen atoms in total. The highest BCUT2D eigenvalue weighted by Gasteiger charge is 2.49. The van der Waals surface area contributed by atoms with E-state index in [1.165, 1.54) is 23.8 Å². The minimum atomic E-state index is -0.646. The van der Waals surface area contributed by atoms with Gasteiger partial charge in [0.1, 0.15) is 12.1 Å². The van der Waals surface area contributed by atoms with Crippen LogP contribution in [0.1, 0.15) is 38.2 Å². The molecule has 1 aliphatic heterocycles. The lowest BCUT2D eigenvalue weighted by Crippen LogP contribution is -2.47. The molecule has 0 spiro atoms. The second-order valence-corrected chi connectivity index (χ2v) is 7.75. The zero-order valence-electron chi connectivity index (χ0n) is 16.7. The van der Waals surface area contributed by atoms with Crippen LogP contribution in [0.5, 0.6) is 0 Å². The molecule has 4 rings (SSSR count). The lowest BCUT2D eigenvalue weighted by molar-refractivity contribution is -0.155. The third kappa shape index (κ3) is 3.72. The summed E-state index contributed by atoms with van der Waals surface area (Å²) in [4.78, 5) is 25.3. The predicted octanol–water partition coefficient (Wildman–Crippen LogP) is 2.86. The first-order chi connectivity index (χ1) is 13.4. The Morgan fingerprint density at radius 3 is 2.54 bits per heavy atom. The van der Waals surface area contributed by atoms with Crippen molar-refractivity contribution in [1.29, 1.82) is 0 Å². The van der Waals surface area contributed by atoms with E-state index in [1.54, 1.807) is 11.8 Å². The van der Waals surface area contributed by atoms with Crippen LogP contribution in [0, 0.1) is 25.2 Å². The number of nitrogens with zero attached hydrogens (tertiary/aromatic N) is 1. The molecule has 4 aliphatic rings. The van der Waals surface area contributed by atoms with Gasteiger partial charge in [-0.15, -0.1) is 6.42 Å². The summed E-state index contributed by atoms with van der Waals surface area (Å²) in [5, 5.41) is 0. The van der Waals surface area contributed by atoms with Crippen molar-refractivity contribution in [3.05, 3.63) is 23.8 Å². The van der Waals surface area contributed by atoms with Crippen LogP contribution >= 0.6 is 0 Å². The number of methoxy groups -OCH3 is 1. The normalized spacial score (nSPS) is 27.5. The maximum Gasteiger partial charge on any atom is 0.410 e. The van der Waals surface area contributed by atoms with Gasteiger partial charge in [-0.05, 0) is 56.2 Å². The molecule has 0 aromatic rings. The number of fused-ring (bicyclic) bond motifs is 2. The molecule has 2 unspecified atom stereocenters. The molecular formula is C22H28N2O4. The monoisotopic (exact) mass is 384 g/mol. The van der Waals surface area contributed by atoms with Crippen molar-refractivity contribution in [2.75, 3.05) is 7.11 Å². The Morgan fingerprint density at radius 2 is 2.11 bits per heavy atom. The number of benzene rings is 1. The molecule has 1 saturated heterocycles. The number of carbonyl (C=O) groups excluding carboxylic acids is 2. The quantitative estimate of drug-likeness (QED) is 0.636. The highest BCUT2D eigenvalue weighted by Crippen LogP contribution is 2.41. The van der Waals surface area contributed by atoms with Crippen molar-refractivity contribution in [2.24, 2.45) is 11.7 Å². The molecule has 6 heteroatoms.